The second kappa shape index (κ2) is 3.75. The number of hydrogen-bond donors (Lipinski definition) is 0. The third-order valence-electron chi connectivity index (χ3n) is 2.80. The third kappa shape index (κ3) is 2.46. The van der Waals surface area contributed by atoms with Crippen LogP contribution in [0.25, 0.3) is 0 Å². The van der Waals surface area contributed by atoms with Crippen molar-refractivity contribution in [3.05, 3.63) is 0 Å². The number of ether oxygens (including phenoxy) is 1. The Balaban J connectivity index is 2.45. The molecule has 0 aliphatic carbocycles. The Morgan fingerprint density at radius 3 is 2.08 bits per heavy atom. The Kier molecular flexibility index (Phi) is 3.13. The van der Waals surface area contributed by atoms with E-state index in [-0.39, 0.29) is 0 Å². The van der Waals surface area contributed by atoms with Gasteiger partial charge in [-0.3, -0.25) is 4.90 Å². The first-order valence-electron chi connectivity index (χ1n) is 4.82. The molecule has 1 fully saturated rings. The Hall–Kier alpha value is -0.0800. The predicted molar refractivity (Wildman–Crippen MR) is 51.4 cm³/mol. The monoisotopic (exact) mass is 171 g/mol. The second-order valence-electron chi connectivity index (χ2n) is 4.63. The van der Waals surface area contributed by atoms with Gasteiger partial charge in [-0.25, -0.2) is 0 Å². The molecular formula is C10H21NO. The molecular weight excluding hydrogens is 150 g/mol. The van der Waals surface area contributed by atoms with Crippen LogP contribution in [0.5, 0.6) is 0 Å². The van der Waals surface area contributed by atoms with Gasteiger partial charge in [0.2, 0.25) is 0 Å². The maximum atomic E-state index is 5.34. The summed E-state index contributed by atoms with van der Waals surface area (Å²) in [5.41, 5.74) is 0.294. The number of rotatable bonds is 1. The first kappa shape index (κ1) is 10.0. The van der Waals surface area contributed by atoms with Crippen LogP contribution in [-0.2, 0) is 4.74 Å². The van der Waals surface area contributed by atoms with E-state index >= 15 is 0 Å². The smallest absolute Gasteiger partial charge is 0.0480 e. The van der Waals surface area contributed by atoms with E-state index in [1.54, 1.807) is 0 Å². The highest BCUT2D eigenvalue weighted by Gasteiger charge is 2.26. The van der Waals surface area contributed by atoms with Gasteiger partial charge in [0.15, 0.2) is 0 Å². The van der Waals surface area contributed by atoms with Crippen LogP contribution in [0.2, 0.25) is 0 Å². The van der Waals surface area contributed by atoms with Crippen molar-refractivity contribution < 1.29 is 4.74 Å². The fraction of sp³-hybridized carbons (Fsp3) is 1.00. The van der Waals surface area contributed by atoms with E-state index in [9.17, 15) is 0 Å². The van der Waals surface area contributed by atoms with Crippen molar-refractivity contribution in [3.63, 3.8) is 0 Å². The Morgan fingerprint density at radius 1 is 1.17 bits per heavy atom. The Morgan fingerprint density at radius 2 is 1.67 bits per heavy atom. The van der Waals surface area contributed by atoms with Crippen LogP contribution in [0.15, 0.2) is 0 Å². The fourth-order valence-corrected chi connectivity index (χ4v) is 1.62. The molecule has 0 spiro atoms. The Bertz CT molecular complexity index is 133. The van der Waals surface area contributed by atoms with Crippen LogP contribution < -0.4 is 0 Å². The van der Waals surface area contributed by atoms with Gasteiger partial charge in [-0.1, -0.05) is 0 Å². The molecule has 2 nitrogen and oxygen atoms in total. The van der Waals surface area contributed by atoms with Gasteiger partial charge in [0, 0.05) is 24.8 Å². The fourth-order valence-electron chi connectivity index (χ4n) is 1.62. The van der Waals surface area contributed by atoms with Crippen molar-refractivity contribution in [1.29, 1.82) is 0 Å². The highest BCUT2D eigenvalue weighted by molar-refractivity contribution is 4.81. The molecule has 1 heterocycles. The van der Waals surface area contributed by atoms with Crippen molar-refractivity contribution in [2.45, 2.75) is 45.2 Å². The lowest BCUT2D eigenvalue weighted by molar-refractivity contribution is 0.0123. The number of hydrogen-bond acceptors (Lipinski definition) is 2. The van der Waals surface area contributed by atoms with Crippen LogP contribution in [0, 0.1) is 0 Å². The van der Waals surface area contributed by atoms with Crippen LogP contribution in [-0.4, -0.2) is 36.7 Å². The third-order valence-corrected chi connectivity index (χ3v) is 2.80. The summed E-state index contributed by atoms with van der Waals surface area (Å²) in [6, 6.07) is 0.721. The topological polar surface area (TPSA) is 12.5 Å². The molecule has 1 saturated heterocycles. The minimum absolute atomic E-state index is 0.294. The van der Waals surface area contributed by atoms with Crippen molar-refractivity contribution >= 4 is 0 Å². The van der Waals surface area contributed by atoms with Gasteiger partial charge in [-0.2, -0.15) is 0 Å². The lowest BCUT2D eigenvalue weighted by Gasteiger charge is -2.40. The van der Waals surface area contributed by atoms with Crippen LogP contribution in [0.1, 0.15) is 33.6 Å². The minimum Gasteiger partial charge on any atom is -0.381 e. The van der Waals surface area contributed by atoms with Gasteiger partial charge < -0.3 is 4.74 Å². The zero-order valence-electron chi connectivity index (χ0n) is 8.76. The maximum absolute atomic E-state index is 5.34. The first-order chi connectivity index (χ1) is 5.52. The molecule has 0 unspecified atom stereocenters. The van der Waals surface area contributed by atoms with Gasteiger partial charge in [0.25, 0.3) is 0 Å². The molecule has 0 aromatic carbocycles. The Labute approximate surface area is 75.9 Å². The standard InChI is InChI=1S/C10H21NO/c1-10(2,3)11(4)9-5-7-12-8-6-9/h9H,5-8H2,1-4H3. The molecule has 1 aliphatic heterocycles. The zero-order valence-corrected chi connectivity index (χ0v) is 8.76. The van der Waals surface area contributed by atoms with Crippen LogP contribution in [0.4, 0.5) is 0 Å². The lowest BCUT2D eigenvalue weighted by Crippen LogP contribution is -2.47. The van der Waals surface area contributed by atoms with E-state index in [4.69, 9.17) is 4.74 Å². The minimum atomic E-state index is 0.294. The highest BCUT2D eigenvalue weighted by Crippen LogP contribution is 2.20. The van der Waals surface area contributed by atoms with E-state index in [1.807, 2.05) is 0 Å². The zero-order chi connectivity index (χ0) is 9.19. The van der Waals surface area contributed by atoms with E-state index in [1.165, 1.54) is 12.8 Å². The number of nitrogens with zero attached hydrogens (tertiary/aromatic N) is 1. The average Bonchev–Trinajstić information content (AvgIpc) is 2.03. The SMILES string of the molecule is CN(C1CCOCC1)C(C)(C)C. The highest BCUT2D eigenvalue weighted by atomic mass is 16.5. The van der Waals surface area contributed by atoms with E-state index in [0.29, 0.717) is 5.54 Å². The molecule has 1 rings (SSSR count). The maximum Gasteiger partial charge on any atom is 0.0480 e. The molecule has 12 heavy (non-hydrogen) atoms. The van der Waals surface area contributed by atoms with Crippen molar-refractivity contribution in [2.75, 3.05) is 20.3 Å². The molecule has 2 heteroatoms. The van der Waals surface area contributed by atoms with E-state index < -0.39 is 0 Å². The predicted octanol–water partition coefficient (Wildman–Crippen LogP) is 1.90. The first-order valence-corrected chi connectivity index (χ1v) is 4.82. The van der Waals surface area contributed by atoms with Gasteiger partial charge in [-0.15, -0.1) is 0 Å². The average molecular weight is 171 g/mol. The molecule has 0 aromatic heterocycles. The quantitative estimate of drug-likeness (QED) is 0.597. The van der Waals surface area contributed by atoms with E-state index in [0.717, 1.165) is 19.3 Å². The van der Waals surface area contributed by atoms with Gasteiger partial charge in [0.05, 0.1) is 0 Å². The van der Waals surface area contributed by atoms with Crippen molar-refractivity contribution in [1.82, 2.24) is 4.90 Å². The lowest BCUT2D eigenvalue weighted by atomic mass is 9.99. The summed E-state index contributed by atoms with van der Waals surface area (Å²) in [5, 5.41) is 0. The van der Waals surface area contributed by atoms with E-state index in [2.05, 4.69) is 32.7 Å². The van der Waals surface area contributed by atoms with Crippen LogP contribution >= 0.6 is 0 Å². The summed E-state index contributed by atoms with van der Waals surface area (Å²) >= 11 is 0. The molecule has 72 valence electrons. The van der Waals surface area contributed by atoms with Crippen molar-refractivity contribution in [2.24, 2.45) is 0 Å². The molecule has 0 aromatic rings. The summed E-state index contributed by atoms with van der Waals surface area (Å²) in [5.74, 6) is 0. The molecule has 0 saturated carbocycles. The largest absolute Gasteiger partial charge is 0.381 e. The molecule has 0 bridgehead atoms. The summed E-state index contributed by atoms with van der Waals surface area (Å²) in [4.78, 5) is 2.47. The van der Waals surface area contributed by atoms with Crippen molar-refractivity contribution in [3.8, 4) is 0 Å². The molecule has 0 amide bonds. The summed E-state index contributed by atoms with van der Waals surface area (Å²) < 4.78 is 5.34. The molecule has 0 atom stereocenters. The van der Waals surface area contributed by atoms with Gasteiger partial charge in [-0.05, 0) is 40.7 Å². The normalized spacial score (nSPS) is 21.8. The summed E-state index contributed by atoms with van der Waals surface area (Å²) in [7, 11) is 2.22. The summed E-state index contributed by atoms with van der Waals surface area (Å²) in [6.07, 6.45) is 2.38. The summed E-state index contributed by atoms with van der Waals surface area (Å²) in [6.45, 7) is 8.67. The molecule has 0 N–H and O–H groups in total. The second-order valence-corrected chi connectivity index (χ2v) is 4.63. The van der Waals surface area contributed by atoms with Crippen LogP contribution in [0.3, 0.4) is 0 Å². The molecule has 1 aliphatic rings. The van der Waals surface area contributed by atoms with Gasteiger partial charge in [0.1, 0.15) is 0 Å². The van der Waals surface area contributed by atoms with Gasteiger partial charge >= 0.3 is 0 Å². The molecule has 0 radical (unpaired) electrons.